The standard InChI is InChI=1S/C27H34N8O5/c1-16-19(17(2)35(3)34-16)8-9-29-27(39)22-13-24(36)32-21(12-18-14-28-15-31-18)26(38)30-10-11-40-23-7-5-4-6-20(23)25(37)33-22/h4-7,14-15,21-22H,8-13H2,1-3H3,(H,28,31)(H,29,39)(H,30,38)(H,32,36)(H,33,37)/t21-,22-/m0/s1. The zero-order valence-corrected chi connectivity index (χ0v) is 22.7. The number of ether oxygens (including phenoxy) is 1. The van der Waals surface area contributed by atoms with Gasteiger partial charge in [-0.2, -0.15) is 5.10 Å². The number of nitrogens with one attached hydrogen (secondary N) is 5. The number of H-pyrrole nitrogens is 1. The van der Waals surface area contributed by atoms with E-state index in [2.05, 4.69) is 36.3 Å². The van der Waals surface area contributed by atoms with Crippen LogP contribution in [0.5, 0.6) is 5.75 Å². The summed E-state index contributed by atoms with van der Waals surface area (Å²) < 4.78 is 7.54. The molecule has 3 heterocycles. The van der Waals surface area contributed by atoms with Crippen LogP contribution >= 0.6 is 0 Å². The minimum Gasteiger partial charge on any atom is -0.491 e. The van der Waals surface area contributed by atoms with E-state index >= 15 is 0 Å². The number of fused-ring (bicyclic) bond motifs is 1. The average molecular weight is 551 g/mol. The van der Waals surface area contributed by atoms with Crippen LogP contribution in [-0.2, 0) is 34.3 Å². The first-order valence-corrected chi connectivity index (χ1v) is 13.1. The third-order valence-electron chi connectivity index (χ3n) is 6.77. The second-order valence-corrected chi connectivity index (χ2v) is 9.58. The average Bonchev–Trinajstić information content (AvgIpc) is 3.52. The molecule has 13 nitrogen and oxygen atoms in total. The van der Waals surface area contributed by atoms with Crippen LogP contribution < -0.4 is 26.0 Å². The maximum Gasteiger partial charge on any atom is 0.255 e. The molecule has 0 bridgehead atoms. The Morgan fingerprint density at radius 2 is 1.98 bits per heavy atom. The number of hydrogen-bond donors (Lipinski definition) is 5. The second-order valence-electron chi connectivity index (χ2n) is 9.58. The minimum absolute atomic E-state index is 0.0951. The number of benzene rings is 1. The first kappa shape index (κ1) is 28.3. The highest BCUT2D eigenvalue weighted by Crippen LogP contribution is 2.18. The van der Waals surface area contributed by atoms with Gasteiger partial charge < -0.3 is 31.0 Å². The van der Waals surface area contributed by atoms with E-state index in [1.54, 1.807) is 35.1 Å². The van der Waals surface area contributed by atoms with Crippen molar-refractivity contribution in [2.45, 2.75) is 45.2 Å². The van der Waals surface area contributed by atoms with Gasteiger partial charge in [-0.1, -0.05) is 12.1 Å². The lowest BCUT2D eigenvalue weighted by Crippen LogP contribution is -2.53. The number of aryl methyl sites for hydroxylation is 2. The maximum atomic E-state index is 13.3. The molecule has 0 unspecified atom stereocenters. The van der Waals surface area contributed by atoms with Crippen molar-refractivity contribution in [1.29, 1.82) is 0 Å². The van der Waals surface area contributed by atoms with Gasteiger partial charge in [0.1, 0.15) is 24.4 Å². The number of aromatic nitrogens is 4. The SMILES string of the molecule is Cc1nn(C)c(C)c1CCNC(=O)[C@@H]1CC(=O)N[C@@H](Cc2cnc[nH]2)C(=O)NCCOc2ccccc2C(=O)N1. The molecule has 0 spiro atoms. The Bertz CT molecular complexity index is 1370. The summed E-state index contributed by atoms with van der Waals surface area (Å²) in [4.78, 5) is 59.4. The molecular weight excluding hydrogens is 516 g/mol. The molecule has 0 fully saturated rings. The Kier molecular flexibility index (Phi) is 9.15. The van der Waals surface area contributed by atoms with Crippen molar-refractivity contribution in [3.8, 4) is 5.75 Å². The predicted molar refractivity (Wildman–Crippen MR) is 144 cm³/mol. The summed E-state index contributed by atoms with van der Waals surface area (Å²) in [6.07, 6.45) is 3.36. The molecule has 5 N–H and O–H groups in total. The fourth-order valence-corrected chi connectivity index (χ4v) is 4.56. The lowest BCUT2D eigenvalue weighted by atomic mass is 10.1. The number of carbonyl (C=O) groups is 4. The van der Waals surface area contributed by atoms with E-state index in [0.717, 1.165) is 17.0 Å². The van der Waals surface area contributed by atoms with Crippen LogP contribution in [0.1, 0.15) is 39.4 Å². The molecule has 0 radical (unpaired) electrons. The molecule has 1 aliphatic rings. The number of amides is 4. The third kappa shape index (κ3) is 7.04. The van der Waals surface area contributed by atoms with E-state index in [0.29, 0.717) is 17.9 Å². The molecule has 4 amide bonds. The zero-order chi connectivity index (χ0) is 28.6. The number of imidazole rings is 1. The summed E-state index contributed by atoms with van der Waals surface area (Å²) in [5, 5.41) is 15.3. The van der Waals surface area contributed by atoms with Crippen LogP contribution in [0.15, 0.2) is 36.8 Å². The van der Waals surface area contributed by atoms with Crippen molar-refractivity contribution in [3.63, 3.8) is 0 Å². The minimum atomic E-state index is -1.20. The molecule has 2 aromatic heterocycles. The Hall–Kier alpha value is -4.68. The summed E-state index contributed by atoms with van der Waals surface area (Å²) in [6.45, 7) is 4.39. The molecule has 2 atom stereocenters. The van der Waals surface area contributed by atoms with Crippen molar-refractivity contribution in [2.24, 2.45) is 7.05 Å². The highest BCUT2D eigenvalue weighted by Gasteiger charge is 2.29. The van der Waals surface area contributed by atoms with Crippen molar-refractivity contribution >= 4 is 23.6 Å². The zero-order valence-electron chi connectivity index (χ0n) is 22.7. The number of nitrogens with zero attached hydrogens (tertiary/aromatic N) is 3. The summed E-state index contributed by atoms with van der Waals surface area (Å²) in [6, 6.07) is 4.46. The Balaban J connectivity index is 1.53. The first-order chi connectivity index (χ1) is 19.2. The van der Waals surface area contributed by atoms with E-state index in [-0.39, 0.29) is 38.1 Å². The molecule has 40 heavy (non-hydrogen) atoms. The van der Waals surface area contributed by atoms with Gasteiger partial charge in [0, 0.05) is 37.6 Å². The van der Waals surface area contributed by atoms with Crippen LogP contribution in [0.3, 0.4) is 0 Å². The molecular formula is C27H34N8O5. The molecule has 212 valence electrons. The molecule has 1 aliphatic heterocycles. The highest BCUT2D eigenvalue weighted by molar-refractivity contribution is 6.01. The van der Waals surface area contributed by atoms with Gasteiger partial charge in [-0.3, -0.25) is 23.9 Å². The van der Waals surface area contributed by atoms with E-state index in [1.807, 2.05) is 20.9 Å². The van der Waals surface area contributed by atoms with E-state index < -0.39 is 35.7 Å². The van der Waals surface area contributed by atoms with Crippen LogP contribution in [0.25, 0.3) is 0 Å². The van der Waals surface area contributed by atoms with Gasteiger partial charge in [0.15, 0.2) is 0 Å². The topological polar surface area (TPSA) is 172 Å². The first-order valence-electron chi connectivity index (χ1n) is 13.1. The van der Waals surface area contributed by atoms with Gasteiger partial charge >= 0.3 is 0 Å². The number of para-hydroxylation sites is 1. The third-order valence-corrected chi connectivity index (χ3v) is 6.77. The van der Waals surface area contributed by atoms with E-state index in [1.165, 1.54) is 6.33 Å². The smallest absolute Gasteiger partial charge is 0.255 e. The quantitative estimate of drug-likeness (QED) is 0.284. The molecule has 0 aliphatic carbocycles. The lowest BCUT2D eigenvalue weighted by molar-refractivity contribution is -0.131. The molecule has 4 rings (SSSR count). The molecule has 13 heteroatoms. The summed E-state index contributed by atoms with van der Waals surface area (Å²) in [5.41, 5.74) is 3.75. The molecule has 1 aromatic carbocycles. The molecule has 0 saturated carbocycles. The van der Waals surface area contributed by atoms with Crippen molar-refractivity contribution in [2.75, 3.05) is 19.7 Å². The summed E-state index contributed by atoms with van der Waals surface area (Å²) >= 11 is 0. The van der Waals surface area contributed by atoms with Crippen molar-refractivity contribution in [3.05, 3.63) is 65.0 Å². The summed E-state index contributed by atoms with van der Waals surface area (Å²) in [7, 11) is 1.86. The number of rotatable bonds is 6. The fraction of sp³-hybridized carbons (Fsp3) is 0.407. The lowest BCUT2D eigenvalue weighted by Gasteiger charge is -2.23. The monoisotopic (exact) mass is 550 g/mol. The van der Waals surface area contributed by atoms with Crippen molar-refractivity contribution < 1.29 is 23.9 Å². The van der Waals surface area contributed by atoms with Gasteiger partial charge in [0.25, 0.3) is 5.91 Å². The Labute approximate surface area is 231 Å². The van der Waals surface area contributed by atoms with Gasteiger partial charge in [0.05, 0.1) is 30.6 Å². The van der Waals surface area contributed by atoms with Crippen LogP contribution in [0, 0.1) is 13.8 Å². The van der Waals surface area contributed by atoms with Crippen LogP contribution in [-0.4, -0.2) is 75.2 Å². The predicted octanol–water partition coefficient (Wildman–Crippen LogP) is -0.156. The Morgan fingerprint density at radius 1 is 1.18 bits per heavy atom. The highest BCUT2D eigenvalue weighted by atomic mass is 16.5. The summed E-state index contributed by atoms with van der Waals surface area (Å²) in [5.74, 6) is -1.77. The number of hydrogen-bond acceptors (Lipinski definition) is 7. The van der Waals surface area contributed by atoms with Crippen molar-refractivity contribution in [1.82, 2.24) is 41.0 Å². The van der Waals surface area contributed by atoms with Gasteiger partial charge in [-0.15, -0.1) is 0 Å². The van der Waals surface area contributed by atoms with Gasteiger partial charge in [-0.05, 0) is 38.0 Å². The van der Waals surface area contributed by atoms with Crippen LogP contribution in [0.4, 0.5) is 0 Å². The fourth-order valence-electron chi connectivity index (χ4n) is 4.56. The van der Waals surface area contributed by atoms with E-state index in [4.69, 9.17) is 4.74 Å². The number of aromatic amines is 1. The largest absolute Gasteiger partial charge is 0.491 e. The molecule has 3 aromatic rings. The van der Waals surface area contributed by atoms with Gasteiger partial charge in [-0.25, -0.2) is 4.98 Å². The second kappa shape index (κ2) is 12.9. The van der Waals surface area contributed by atoms with Gasteiger partial charge in [0.2, 0.25) is 17.7 Å². The van der Waals surface area contributed by atoms with E-state index in [9.17, 15) is 19.2 Å². The molecule has 0 saturated heterocycles. The normalized spacial score (nSPS) is 18.4. The Morgan fingerprint density at radius 3 is 2.70 bits per heavy atom. The maximum absolute atomic E-state index is 13.3. The van der Waals surface area contributed by atoms with Crippen LogP contribution in [0.2, 0.25) is 0 Å². The number of carbonyl (C=O) groups excluding carboxylic acids is 4.